The van der Waals surface area contributed by atoms with Crippen LogP contribution in [0.4, 0.5) is 0 Å². The van der Waals surface area contributed by atoms with E-state index in [4.69, 9.17) is 23.2 Å². The van der Waals surface area contributed by atoms with Gasteiger partial charge >= 0.3 is 0 Å². The Morgan fingerprint density at radius 1 is 1.10 bits per heavy atom. The summed E-state index contributed by atoms with van der Waals surface area (Å²) in [6, 6.07) is 11.3. The van der Waals surface area contributed by atoms with Crippen molar-refractivity contribution < 1.29 is 9.90 Å². The van der Waals surface area contributed by atoms with Gasteiger partial charge < -0.3 is 5.11 Å². The number of aromatic hydroxyl groups is 1. The summed E-state index contributed by atoms with van der Waals surface area (Å²) in [4.78, 5) is 12.8. The van der Waals surface area contributed by atoms with Gasteiger partial charge in [-0.2, -0.15) is 0 Å². The van der Waals surface area contributed by atoms with Crippen LogP contribution in [-0.4, -0.2) is 10.9 Å². The van der Waals surface area contributed by atoms with Crippen molar-refractivity contribution in [2.45, 2.75) is 19.8 Å². The van der Waals surface area contributed by atoms with Crippen molar-refractivity contribution in [3.63, 3.8) is 0 Å². The van der Waals surface area contributed by atoms with Crippen molar-refractivity contribution in [2.75, 3.05) is 0 Å². The lowest BCUT2D eigenvalue weighted by Gasteiger charge is -2.26. The average Bonchev–Trinajstić information content (AvgIpc) is 2.64. The van der Waals surface area contributed by atoms with Crippen LogP contribution < -0.4 is 0 Å². The van der Waals surface area contributed by atoms with Crippen LogP contribution in [0.5, 0.6) is 5.75 Å². The van der Waals surface area contributed by atoms with E-state index < -0.39 is 5.41 Å². The maximum Gasteiger partial charge on any atom is 0.171 e. The Morgan fingerprint density at radius 3 is 2.33 bits per heavy atom. The number of benzene rings is 2. The summed E-state index contributed by atoms with van der Waals surface area (Å²) in [6.45, 7) is 3.79. The molecule has 0 spiro atoms. The van der Waals surface area contributed by atoms with Crippen molar-refractivity contribution >= 4 is 29.0 Å². The number of hydrogen-bond acceptors (Lipinski definition) is 2. The SMILES string of the molecule is CC1(C)C(=O)c2c(cc(O)c(Cl)c2Cl)[C@H]1c1ccccc1. The number of rotatable bonds is 1. The summed E-state index contributed by atoms with van der Waals surface area (Å²) < 4.78 is 0. The van der Waals surface area contributed by atoms with Crippen molar-refractivity contribution in [3.8, 4) is 5.75 Å². The average molecular weight is 321 g/mol. The van der Waals surface area contributed by atoms with Gasteiger partial charge in [0.2, 0.25) is 0 Å². The molecule has 4 heteroatoms. The minimum absolute atomic E-state index is 0.0354. The standard InChI is InChI=1S/C17H14Cl2O2/c1-17(2)13(9-6-4-3-5-7-9)10-8-11(20)14(18)15(19)12(10)16(17)21/h3-8,13,20H,1-2H3/t13-/m1/s1. The maximum atomic E-state index is 12.8. The van der Waals surface area contributed by atoms with E-state index in [0.717, 1.165) is 11.1 Å². The Hall–Kier alpha value is -1.51. The van der Waals surface area contributed by atoms with E-state index in [1.807, 2.05) is 44.2 Å². The highest BCUT2D eigenvalue weighted by Crippen LogP contribution is 2.54. The molecule has 1 aliphatic rings. The molecule has 0 amide bonds. The molecule has 0 saturated carbocycles. The zero-order valence-electron chi connectivity index (χ0n) is 11.7. The number of halogens is 2. The van der Waals surface area contributed by atoms with Crippen LogP contribution in [0.3, 0.4) is 0 Å². The molecule has 2 aromatic carbocycles. The summed E-state index contributed by atoms with van der Waals surface area (Å²) in [5.41, 5.74) is 1.55. The normalized spacial score (nSPS) is 19.6. The second kappa shape index (κ2) is 4.75. The summed E-state index contributed by atoms with van der Waals surface area (Å²) in [5, 5.41) is 10.1. The quantitative estimate of drug-likeness (QED) is 0.798. The summed E-state index contributed by atoms with van der Waals surface area (Å²) in [5.74, 6) is -0.285. The second-order valence-electron chi connectivity index (χ2n) is 5.88. The molecule has 1 aliphatic carbocycles. The molecule has 1 N–H and O–H groups in total. The van der Waals surface area contributed by atoms with Crippen molar-refractivity contribution in [3.05, 3.63) is 63.1 Å². The Bertz CT molecular complexity index is 736. The molecular formula is C17H14Cl2O2. The molecule has 0 bridgehead atoms. The number of ketones is 1. The number of fused-ring (bicyclic) bond motifs is 1. The third-order valence-electron chi connectivity index (χ3n) is 4.20. The largest absolute Gasteiger partial charge is 0.506 e. The van der Waals surface area contributed by atoms with E-state index in [2.05, 4.69) is 0 Å². The number of Topliss-reactive ketones (excluding diaryl/α,β-unsaturated/α-hetero) is 1. The van der Waals surface area contributed by atoms with Gasteiger partial charge in [-0.3, -0.25) is 4.79 Å². The van der Waals surface area contributed by atoms with Gasteiger partial charge in [-0.1, -0.05) is 67.4 Å². The summed E-state index contributed by atoms with van der Waals surface area (Å²) in [6.07, 6.45) is 0. The van der Waals surface area contributed by atoms with E-state index in [0.29, 0.717) is 5.56 Å². The number of phenols is 1. The Balaban J connectivity index is 2.32. The molecule has 2 aromatic rings. The van der Waals surface area contributed by atoms with Crippen LogP contribution in [0.25, 0.3) is 0 Å². The van der Waals surface area contributed by atoms with Crippen LogP contribution in [-0.2, 0) is 0 Å². The highest BCUT2D eigenvalue weighted by molar-refractivity contribution is 6.45. The minimum Gasteiger partial charge on any atom is -0.506 e. The minimum atomic E-state index is -0.634. The first kappa shape index (κ1) is 14.4. The highest BCUT2D eigenvalue weighted by Gasteiger charge is 2.48. The zero-order chi connectivity index (χ0) is 15.4. The molecule has 0 unspecified atom stereocenters. The first-order valence-electron chi connectivity index (χ1n) is 6.66. The van der Waals surface area contributed by atoms with E-state index in [1.54, 1.807) is 6.07 Å². The highest BCUT2D eigenvalue weighted by atomic mass is 35.5. The van der Waals surface area contributed by atoms with Gasteiger partial charge in [0, 0.05) is 16.9 Å². The Labute approximate surface area is 133 Å². The lowest BCUT2D eigenvalue weighted by atomic mass is 9.75. The van der Waals surface area contributed by atoms with Gasteiger partial charge in [0.15, 0.2) is 5.78 Å². The van der Waals surface area contributed by atoms with Crippen molar-refractivity contribution in [1.82, 2.24) is 0 Å². The number of carbonyl (C=O) groups is 1. The molecule has 0 heterocycles. The number of carbonyl (C=O) groups excluding carboxylic acids is 1. The molecule has 21 heavy (non-hydrogen) atoms. The molecular weight excluding hydrogens is 307 g/mol. The van der Waals surface area contributed by atoms with Crippen molar-refractivity contribution in [2.24, 2.45) is 5.41 Å². The molecule has 1 atom stereocenters. The molecule has 0 saturated heterocycles. The van der Waals surface area contributed by atoms with Crippen LogP contribution >= 0.6 is 23.2 Å². The van der Waals surface area contributed by atoms with Crippen LogP contribution in [0.15, 0.2) is 36.4 Å². The van der Waals surface area contributed by atoms with E-state index >= 15 is 0 Å². The lowest BCUT2D eigenvalue weighted by Crippen LogP contribution is -2.24. The first-order valence-corrected chi connectivity index (χ1v) is 7.42. The fourth-order valence-corrected chi connectivity index (χ4v) is 3.61. The van der Waals surface area contributed by atoms with Crippen LogP contribution in [0.2, 0.25) is 10.0 Å². The molecule has 0 aromatic heterocycles. The smallest absolute Gasteiger partial charge is 0.171 e. The van der Waals surface area contributed by atoms with E-state index in [9.17, 15) is 9.90 Å². The fourth-order valence-electron chi connectivity index (χ4n) is 3.17. The monoisotopic (exact) mass is 320 g/mol. The van der Waals surface area contributed by atoms with Crippen LogP contribution in [0, 0.1) is 5.41 Å². The first-order chi connectivity index (χ1) is 9.85. The topological polar surface area (TPSA) is 37.3 Å². The Morgan fingerprint density at radius 2 is 1.71 bits per heavy atom. The third kappa shape index (κ3) is 1.97. The maximum absolute atomic E-state index is 12.8. The molecule has 3 rings (SSSR count). The van der Waals surface area contributed by atoms with Gasteiger partial charge in [-0.25, -0.2) is 0 Å². The molecule has 108 valence electrons. The van der Waals surface area contributed by atoms with Crippen molar-refractivity contribution in [1.29, 1.82) is 0 Å². The van der Waals surface area contributed by atoms with Gasteiger partial charge in [-0.15, -0.1) is 0 Å². The predicted octanol–water partition coefficient (Wildman–Crippen LogP) is 5.05. The van der Waals surface area contributed by atoms with E-state index in [-0.39, 0.29) is 27.5 Å². The van der Waals surface area contributed by atoms with Crippen LogP contribution in [0.1, 0.15) is 41.3 Å². The number of phenolic OH excluding ortho intramolecular Hbond substituents is 1. The van der Waals surface area contributed by atoms with Gasteiger partial charge in [0.05, 0.1) is 5.02 Å². The summed E-state index contributed by atoms with van der Waals surface area (Å²) >= 11 is 12.2. The van der Waals surface area contributed by atoms with E-state index in [1.165, 1.54) is 0 Å². The Kier molecular flexibility index (Phi) is 3.27. The second-order valence-corrected chi connectivity index (χ2v) is 6.64. The third-order valence-corrected chi connectivity index (χ3v) is 5.05. The predicted molar refractivity (Wildman–Crippen MR) is 84.5 cm³/mol. The zero-order valence-corrected chi connectivity index (χ0v) is 13.2. The fraction of sp³-hybridized carbons (Fsp3) is 0.235. The molecule has 2 nitrogen and oxygen atoms in total. The van der Waals surface area contributed by atoms with Gasteiger partial charge in [0.1, 0.15) is 10.8 Å². The van der Waals surface area contributed by atoms with Gasteiger partial charge in [0.25, 0.3) is 0 Å². The molecule has 0 radical (unpaired) electrons. The lowest BCUT2D eigenvalue weighted by molar-refractivity contribution is 0.0847. The molecule has 0 aliphatic heterocycles. The summed E-state index contributed by atoms with van der Waals surface area (Å²) in [7, 11) is 0. The van der Waals surface area contributed by atoms with Gasteiger partial charge in [-0.05, 0) is 17.2 Å². The molecule has 0 fully saturated rings. The number of hydrogen-bond donors (Lipinski definition) is 1.